The molecule has 1 aromatic rings. The van der Waals surface area contributed by atoms with Crippen LogP contribution in [0.1, 0.15) is 5.56 Å². The monoisotopic (exact) mass is 297 g/mol. The van der Waals surface area contributed by atoms with Gasteiger partial charge in [0, 0.05) is 0 Å². The molecule has 106 valence electrons. The average Bonchev–Trinajstić information content (AvgIpc) is 2.34. The fourth-order valence-electron chi connectivity index (χ4n) is 1.15. The smallest absolute Gasteiger partial charge is 0.405 e. The van der Waals surface area contributed by atoms with Crippen LogP contribution in [0.15, 0.2) is 18.2 Å². The summed E-state index contributed by atoms with van der Waals surface area (Å²) < 4.78 is 40.4. The van der Waals surface area contributed by atoms with Gasteiger partial charge in [0.05, 0.1) is 11.6 Å². The molecule has 0 aliphatic rings. The van der Waals surface area contributed by atoms with Crippen LogP contribution in [0.4, 0.5) is 13.2 Å². The van der Waals surface area contributed by atoms with Gasteiger partial charge in [0.25, 0.3) is 5.91 Å². The Kier molecular flexibility index (Phi) is 5.44. The van der Waals surface area contributed by atoms with E-state index in [0.717, 1.165) is 0 Å². The highest BCUT2D eigenvalue weighted by molar-refractivity contribution is 6.32. The van der Waals surface area contributed by atoms with Crippen LogP contribution < -0.4 is 10.1 Å². The van der Waals surface area contributed by atoms with Gasteiger partial charge in [-0.3, -0.25) is 4.79 Å². The van der Waals surface area contributed by atoms with Crippen molar-refractivity contribution < 1.29 is 27.8 Å². The van der Waals surface area contributed by atoms with Crippen LogP contribution in [-0.2, 0) is 11.4 Å². The molecular formula is C11H11ClF3NO3. The van der Waals surface area contributed by atoms with E-state index in [2.05, 4.69) is 0 Å². The highest BCUT2D eigenvalue weighted by Gasteiger charge is 2.27. The number of amides is 1. The largest absolute Gasteiger partial charge is 0.482 e. The first kappa shape index (κ1) is 15.6. The number of benzene rings is 1. The summed E-state index contributed by atoms with van der Waals surface area (Å²) in [5, 5.41) is 10.7. The number of aliphatic hydroxyl groups excluding tert-OH is 1. The van der Waals surface area contributed by atoms with E-state index in [9.17, 15) is 18.0 Å². The number of nitrogens with one attached hydrogen (secondary N) is 1. The summed E-state index contributed by atoms with van der Waals surface area (Å²) in [6.07, 6.45) is -4.46. The summed E-state index contributed by atoms with van der Waals surface area (Å²) in [4.78, 5) is 11.1. The molecule has 0 spiro atoms. The molecule has 19 heavy (non-hydrogen) atoms. The molecule has 2 N–H and O–H groups in total. The van der Waals surface area contributed by atoms with Crippen LogP contribution in [0, 0.1) is 0 Å². The first-order chi connectivity index (χ1) is 8.81. The summed E-state index contributed by atoms with van der Waals surface area (Å²) in [5.41, 5.74) is 0.555. The van der Waals surface area contributed by atoms with Crippen molar-refractivity contribution in [2.45, 2.75) is 12.8 Å². The lowest BCUT2D eigenvalue weighted by Crippen LogP contribution is -2.36. The molecule has 0 aliphatic carbocycles. The zero-order valence-corrected chi connectivity index (χ0v) is 10.4. The minimum Gasteiger partial charge on any atom is -0.482 e. The molecule has 0 aromatic heterocycles. The lowest BCUT2D eigenvalue weighted by Gasteiger charge is -2.10. The lowest BCUT2D eigenvalue weighted by atomic mass is 10.2. The third-order valence-corrected chi connectivity index (χ3v) is 2.32. The van der Waals surface area contributed by atoms with Crippen molar-refractivity contribution in [1.82, 2.24) is 5.32 Å². The average molecular weight is 298 g/mol. The second kappa shape index (κ2) is 6.63. The minimum absolute atomic E-state index is 0.154. The van der Waals surface area contributed by atoms with Crippen LogP contribution in [0.5, 0.6) is 5.75 Å². The van der Waals surface area contributed by atoms with Crippen LogP contribution in [0.25, 0.3) is 0 Å². The SMILES string of the molecule is O=C(COc1ccc(CO)cc1Cl)NCC(F)(F)F. The molecule has 0 saturated carbocycles. The van der Waals surface area contributed by atoms with E-state index >= 15 is 0 Å². The number of rotatable bonds is 5. The van der Waals surface area contributed by atoms with Crippen LogP contribution in [0.3, 0.4) is 0 Å². The fraction of sp³-hybridized carbons (Fsp3) is 0.364. The van der Waals surface area contributed by atoms with Crippen LogP contribution in [-0.4, -0.2) is 30.3 Å². The van der Waals surface area contributed by atoms with E-state index in [4.69, 9.17) is 21.4 Å². The highest BCUT2D eigenvalue weighted by atomic mass is 35.5. The maximum absolute atomic E-state index is 11.8. The second-order valence-corrected chi connectivity index (χ2v) is 4.01. The maximum atomic E-state index is 11.8. The molecule has 0 aliphatic heterocycles. The van der Waals surface area contributed by atoms with Gasteiger partial charge in [-0.05, 0) is 17.7 Å². The highest BCUT2D eigenvalue weighted by Crippen LogP contribution is 2.25. The summed E-state index contributed by atoms with van der Waals surface area (Å²) in [7, 11) is 0. The summed E-state index contributed by atoms with van der Waals surface area (Å²) in [6, 6.07) is 4.38. The van der Waals surface area contributed by atoms with Crippen molar-refractivity contribution in [2.75, 3.05) is 13.2 Å². The van der Waals surface area contributed by atoms with Gasteiger partial charge in [-0.25, -0.2) is 0 Å². The molecule has 0 bridgehead atoms. The molecule has 8 heteroatoms. The van der Waals surface area contributed by atoms with Gasteiger partial charge in [0.1, 0.15) is 12.3 Å². The second-order valence-electron chi connectivity index (χ2n) is 3.60. The van der Waals surface area contributed by atoms with E-state index < -0.39 is 25.2 Å². The molecule has 0 unspecified atom stereocenters. The normalized spacial score (nSPS) is 11.2. The summed E-state index contributed by atoms with van der Waals surface area (Å²) >= 11 is 5.79. The van der Waals surface area contributed by atoms with Crippen LogP contribution in [0.2, 0.25) is 5.02 Å². The Hall–Kier alpha value is -1.47. The third kappa shape index (κ3) is 5.80. The summed E-state index contributed by atoms with van der Waals surface area (Å²) in [6.45, 7) is -2.19. The van der Waals surface area contributed by atoms with Crippen molar-refractivity contribution >= 4 is 17.5 Å². The molecule has 1 rings (SSSR count). The van der Waals surface area contributed by atoms with E-state index in [-0.39, 0.29) is 17.4 Å². The first-order valence-electron chi connectivity index (χ1n) is 5.17. The topological polar surface area (TPSA) is 58.6 Å². The number of halogens is 4. The van der Waals surface area contributed by atoms with Gasteiger partial charge in [-0.2, -0.15) is 13.2 Å². The van der Waals surface area contributed by atoms with Crippen molar-refractivity contribution in [1.29, 1.82) is 0 Å². The fourth-order valence-corrected chi connectivity index (χ4v) is 1.41. The van der Waals surface area contributed by atoms with Gasteiger partial charge in [0.15, 0.2) is 6.61 Å². The predicted molar refractivity (Wildman–Crippen MR) is 61.9 cm³/mol. The Bertz CT molecular complexity index is 451. The molecule has 0 saturated heterocycles. The number of hydrogen-bond acceptors (Lipinski definition) is 3. The number of alkyl halides is 3. The number of aliphatic hydroxyl groups is 1. The Balaban J connectivity index is 2.46. The van der Waals surface area contributed by atoms with Gasteiger partial charge < -0.3 is 15.2 Å². The Labute approximate surface area is 112 Å². The number of hydrogen-bond donors (Lipinski definition) is 2. The molecule has 0 atom stereocenters. The first-order valence-corrected chi connectivity index (χ1v) is 5.55. The van der Waals surface area contributed by atoms with Gasteiger partial charge in [-0.1, -0.05) is 17.7 Å². The van der Waals surface area contributed by atoms with E-state index in [1.54, 1.807) is 5.32 Å². The Morgan fingerprint density at radius 2 is 2.11 bits per heavy atom. The van der Waals surface area contributed by atoms with E-state index in [1.165, 1.54) is 18.2 Å². The molecule has 0 heterocycles. The molecule has 0 radical (unpaired) electrons. The standard InChI is InChI=1S/C11H11ClF3NO3/c12-8-3-7(4-17)1-2-9(8)19-5-10(18)16-6-11(13,14)15/h1-3,17H,4-6H2,(H,16,18). The molecule has 0 fully saturated rings. The quantitative estimate of drug-likeness (QED) is 0.872. The maximum Gasteiger partial charge on any atom is 0.405 e. The zero-order valence-electron chi connectivity index (χ0n) is 9.63. The Morgan fingerprint density at radius 1 is 1.42 bits per heavy atom. The van der Waals surface area contributed by atoms with Crippen molar-refractivity contribution in [3.05, 3.63) is 28.8 Å². The summed E-state index contributed by atoms with van der Waals surface area (Å²) in [5.74, 6) is -0.749. The van der Waals surface area contributed by atoms with Crippen molar-refractivity contribution in [3.8, 4) is 5.75 Å². The minimum atomic E-state index is -4.46. The number of carbonyl (C=O) groups excluding carboxylic acids is 1. The van der Waals surface area contributed by atoms with Gasteiger partial charge in [-0.15, -0.1) is 0 Å². The number of carbonyl (C=O) groups is 1. The zero-order chi connectivity index (χ0) is 14.5. The van der Waals surface area contributed by atoms with Gasteiger partial charge >= 0.3 is 6.18 Å². The third-order valence-electron chi connectivity index (χ3n) is 2.02. The molecular weight excluding hydrogens is 287 g/mol. The Morgan fingerprint density at radius 3 is 2.63 bits per heavy atom. The van der Waals surface area contributed by atoms with Crippen LogP contribution >= 0.6 is 11.6 Å². The molecule has 1 amide bonds. The molecule has 1 aromatic carbocycles. The van der Waals surface area contributed by atoms with E-state index in [1.807, 2.05) is 0 Å². The lowest BCUT2D eigenvalue weighted by molar-refractivity contribution is -0.139. The predicted octanol–water partition coefficient (Wildman–Crippen LogP) is 1.89. The van der Waals surface area contributed by atoms with Crippen molar-refractivity contribution in [3.63, 3.8) is 0 Å². The molecule has 4 nitrogen and oxygen atoms in total. The van der Waals surface area contributed by atoms with Gasteiger partial charge in [0.2, 0.25) is 0 Å². The van der Waals surface area contributed by atoms with E-state index in [0.29, 0.717) is 5.56 Å². The van der Waals surface area contributed by atoms with Crippen molar-refractivity contribution in [2.24, 2.45) is 0 Å². The number of ether oxygens (including phenoxy) is 1.